The van der Waals surface area contributed by atoms with Gasteiger partial charge in [0.25, 0.3) is 0 Å². The van der Waals surface area contributed by atoms with Crippen molar-refractivity contribution in [2.24, 2.45) is 0 Å². The average molecular weight is 521 g/mol. The van der Waals surface area contributed by atoms with Crippen LogP contribution in [0.15, 0.2) is 12.2 Å². The van der Waals surface area contributed by atoms with Crippen molar-refractivity contribution in [1.29, 1.82) is 0 Å². The summed E-state index contributed by atoms with van der Waals surface area (Å²) in [7, 11) is 4.92. The number of hydrogen-bond acceptors (Lipinski definition) is 0. The monoisotopic (exact) mass is 521 g/mol. The number of unbranched alkanes of at least 4 members (excludes halogenated alkanes) is 25. The van der Waals surface area contributed by atoms with Gasteiger partial charge in [-0.1, -0.05) is 154 Å². The minimum Gasteiger partial charge on any atom is -0.328 e. The topological polar surface area (TPSA) is 0 Å². The van der Waals surface area contributed by atoms with Gasteiger partial charge in [0.2, 0.25) is 0 Å². The molecule has 0 radical (unpaired) electrons. The lowest BCUT2D eigenvalue weighted by atomic mass is 10.0. The first-order valence-corrected chi connectivity index (χ1v) is 17.6. The van der Waals surface area contributed by atoms with Crippen LogP contribution in [0.4, 0.5) is 0 Å². The van der Waals surface area contributed by atoms with Crippen LogP contribution in [-0.2, 0) is 0 Å². The molecule has 0 aromatic carbocycles. The van der Waals surface area contributed by atoms with Gasteiger partial charge in [0.05, 0.1) is 27.2 Å². The number of quaternary nitrogens is 1. The Hall–Kier alpha value is -0.300. The quantitative estimate of drug-likeness (QED) is 0.0484. The third-order valence-corrected chi connectivity index (χ3v) is 8.39. The fourth-order valence-corrected chi connectivity index (χ4v) is 5.63. The van der Waals surface area contributed by atoms with E-state index in [1.165, 1.54) is 197 Å². The Morgan fingerprint density at radius 2 is 0.568 bits per heavy atom. The molecule has 0 unspecified atom stereocenters. The Balaban J connectivity index is 3.32. The third kappa shape index (κ3) is 31.8. The van der Waals surface area contributed by atoms with Crippen molar-refractivity contribution in [2.45, 2.75) is 194 Å². The maximum Gasteiger partial charge on any atom is 0.0782 e. The largest absolute Gasteiger partial charge is 0.328 e. The standard InChI is InChI=1S/C36H74N/c1-5-7-9-11-13-15-17-19-21-22-24-26-28-30-32-34-36-37(3,4)35-33-31-29-27-25-23-20-18-16-14-12-10-8-6-2/h19,21H,5-18,20,22-36H2,1-4H3/q+1/b21-19-. The minimum atomic E-state index is 1.24. The van der Waals surface area contributed by atoms with Gasteiger partial charge >= 0.3 is 0 Å². The van der Waals surface area contributed by atoms with Gasteiger partial charge in [0.1, 0.15) is 0 Å². The van der Waals surface area contributed by atoms with Crippen LogP contribution in [0, 0.1) is 0 Å². The number of allylic oxidation sites excluding steroid dienone is 2. The Morgan fingerprint density at radius 1 is 0.324 bits per heavy atom. The van der Waals surface area contributed by atoms with Crippen molar-refractivity contribution in [1.82, 2.24) is 0 Å². The highest BCUT2D eigenvalue weighted by atomic mass is 15.3. The van der Waals surface area contributed by atoms with Gasteiger partial charge in [-0.3, -0.25) is 0 Å². The van der Waals surface area contributed by atoms with E-state index in [9.17, 15) is 0 Å². The van der Waals surface area contributed by atoms with Crippen molar-refractivity contribution in [3.05, 3.63) is 12.2 Å². The minimum absolute atomic E-state index is 1.24. The van der Waals surface area contributed by atoms with Crippen molar-refractivity contribution in [3.8, 4) is 0 Å². The highest BCUT2D eigenvalue weighted by molar-refractivity contribution is 4.81. The summed E-state index contributed by atoms with van der Waals surface area (Å²) in [5.41, 5.74) is 0. The summed E-state index contributed by atoms with van der Waals surface area (Å²) >= 11 is 0. The first-order chi connectivity index (χ1) is 18.1. The van der Waals surface area contributed by atoms with Crippen LogP contribution in [0.3, 0.4) is 0 Å². The van der Waals surface area contributed by atoms with E-state index in [1.807, 2.05) is 0 Å². The smallest absolute Gasteiger partial charge is 0.0782 e. The van der Waals surface area contributed by atoms with E-state index in [0.717, 1.165) is 0 Å². The summed E-state index contributed by atoms with van der Waals surface area (Å²) in [5, 5.41) is 0. The predicted octanol–water partition coefficient (Wildman–Crippen LogP) is 12.6. The summed E-state index contributed by atoms with van der Waals surface area (Å²) in [4.78, 5) is 0. The highest BCUT2D eigenvalue weighted by Gasteiger charge is 2.13. The Bertz CT molecular complexity index is 438. The fraction of sp³-hybridized carbons (Fsp3) is 0.944. The van der Waals surface area contributed by atoms with E-state index < -0.39 is 0 Å². The molecule has 0 aromatic rings. The van der Waals surface area contributed by atoms with Gasteiger partial charge in [-0.15, -0.1) is 0 Å². The molecule has 0 spiro atoms. The lowest BCUT2D eigenvalue weighted by Crippen LogP contribution is -2.41. The molecule has 0 bridgehead atoms. The molecule has 0 saturated carbocycles. The van der Waals surface area contributed by atoms with Crippen molar-refractivity contribution in [3.63, 3.8) is 0 Å². The van der Waals surface area contributed by atoms with Crippen molar-refractivity contribution < 1.29 is 4.48 Å². The van der Waals surface area contributed by atoms with Gasteiger partial charge in [-0.2, -0.15) is 0 Å². The van der Waals surface area contributed by atoms with Gasteiger partial charge in [0.15, 0.2) is 0 Å². The molecule has 1 nitrogen and oxygen atoms in total. The van der Waals surface area contributed by atoms with E-state index in [1.54, 1.807) is 0 Å². The summed E-state index contributed by atoms with van der Waals surface area (Å²) in [6.07, 6.45) is 45.0. The second-order valence-electron chi connectivity index (χ2n) is 12.9. The summed E-state index contributed by atoms with van der Waals surface area (Å²) in [6.45, 7) is 7.36. The highest BCUT2D eigenvalue weighted by Crippen LogP contribution is 2.15. The molecule has 37 heavy (non-hydrogen) atoms. The second kappa shape index (κ2) is 30.2. The molecular weight excluding hydrogens is 446 g/mol. The molecule has 0 aliphatic rings. The molecular formula is C36H74N+. The average Bonchev–Trinajstić information content (AvgIpc) is 2.88. The van der Waals surface area contributed by atoms with E-state index in [2.05, 4.69) is 40.1 Å². The van der Waals surface area contributed by atoms with Gasteiger partial charge in [-0.05, 0) is 51.4 Å². The molecule has 1 heteroatoms. The number of nitrogens with zero attached hydrogens (tertiary/aromatic N) is 1. The molecule has 0 atom stereocenters. The lowest BCUT2D eigenvalue weighted by Gasteiger charge is -2.30. The van der Waals surface area contributed by atoms with E-state index in [4.69, 9.17) is 0 Å². The van der Waals surface area contributed by atoms with Crippen LogP contribution in [0.25, 0.3) is 0 Å². The summed E-state index contributed by atoms with van der Waals surface area (Å²) in [6, 6.07) is 0. The third-order valence-electron chi connectivity index (χ3n) is 8.39. The van der Waals surface area contributed by atoms with Crippen LogP contribution in [0.1, 0.15) is 194 Å². The lowest BCUT2D eigenvalue weighted by molar-refractivity contribution is -0.890. The molecule has 0 aromatic heterocycles. The van der Waals surface area contributed by atoms with Crippen LogP contribution in [0.5, 0.6) is 0 Å². The summed E-state index contributed by atoms with van der Waals surface area (Å²) < 4.78 is 1.24. The predicted molar refractivity (Wildman–Crippen MR) is 172 cm³/mol. The first kappa shape index (κ1) is 36.7. The van der Waals surface area contributed by atoms with Gasteiger partial charge < -0.3 is 4.48 Å². The molecule has 0 fully saturated rings. The first-order valence-electron chi connectivity index (χ1n) is 17.6. The molecule has 0 aliphatic carbocycles. The zero-order chi connectivity index (χ0) is 27.1. The zero-order valence-electron chi connectivity index (χ0n) is 26.8. The molecule has 0 rings (SSSR count). The fourth-order valence-electron chi connectivity index (χ4n) is 5.63. The molecule has 222 valence electrons. The zero-order valence-corrected chi connectivity index (χ0v) is 26.8. The van der Waals surface area contributed by atoms with Gasteiger partial charge in [-0.25, -0.2) is 0 Å². The molecule has 0 saturated heterocycles. The Morgan fingerprint density at radius 3 is 0.865 bits per heavy atom. The maximum atomic E-state index is 2.46. The number of rotatable bonds is 31. The summed E-state index contributed by atoms with van der Waals surface area (Å²) in [5.74, 6) is 0. The van der Waals surface area contributed by atoms with E-state index >= 15 is 0 Å². The Kier molecular flexibility index (Phi) is 30.0. The van der Waals surface area contributed by atoms with Crippen LogP contribution in [0.2, 0.25) is 0 Å². The van der Waals surface area contributed by atoms with E-state index in [-0.39, 0.29) is 0 Å². The number of hydrogen-bond donors (Lipinski definition) is 0. The Labute approximate surface area is 237 Å². The van der Waals surface area contributed by atoms with Crippen molar-refractivity contribution in [2.75, 3.05) is 27.2 Å². The van der Waals surface area contributed by atoms with Crippen molar-refractivity contribution >= 4 is 0 Å². The molecule has 0 N–H and O–H groups in total. The van der Waals surface area contributed by atoms with Crippen LogP contribution >= 0.6 is 0 Å². The van der Waals surface area contributed by atoms with Gasteiger partial charge in [0, 0.05) is 0 Å². The molecule has 0 heterocycles. The maximum absolute atomic E-state index is 2.46. The molecule has 0 aliphatic heterocycles. The molecule has 0 amide bonds. The SMILES string of the molecule is CCCCCCCC/C=C\CCCCCCCC[N+](C)(C)CCCCCCCCCCCCCCCC. The normalized spacial score (nSPS) is 12.2. The van der Waals surface area contributed by atoms with Crippen LogP contribution < -0.4 is 0 Å². The van der Waals surface area contributed by atoms with Crippen LogP contribution in [-0.4, -0.2) is 31.7 Å². The second-order valence-corrected chi connectivity index (χ2v) is 12.9. The van der Waals surface area contributed by atoms with E-state index in [0.29, 0.717) is 0 Å².